The van der Waals surface area contributed by atoms with Crippen molar-refractivity contribution in [3.63, 3.8) is 0 Å². The number of para-hydroxylation sites is 5. The van der Waals surface area contributed by atoms with Crippen LogP contribution in [0.2, 0.25) is 0 Å². The second-order valence-corrected chi connectivity index (χ2v) is 24.6. The normalized spacial score (nSPS) is 12.0. The summed E-state index contributed by atoms with van der Waals surface area (Å²) >= 11 is 0. The number of fused-ring (bicyclic) bond motifs is 7. The Morgan fingerprint density at radius 2 is 0.642 bits per heavy atom. The van der Waals surface area contributed by atoms with Crippen molar-refractivity contribution in [3.8, 4) is 67.1 Å². The predicted molar refractivity (Wildman–Crippen MR) is 401 cm³/mol. The van der Waals surface area contributed by atoms with E-state index in [0.29, 0.717) is 0 Å². The molecule has 2 heterocycles. The summed E-state index contributed by atoms with van der Waals surface area (Å²) < 4.78 is 7.69. The van der Waals surface area contributed by atoms with Gasteiger partial charge in [0.2, 0.25) is 0 Å². The summed E-state index contributed by atoms with van der Waals surface area (Å²) in [6, 6.07) is 133. The van der Waals surface area contributed by atoms with Crippen LogP contribution in [0.15, 0.2) is 364 Å². The first kappa shape index (κ1) is 55.4. The van der Waals surface area contributed by atoms with Crippen LogP contribution in [0.1, 0.15) is 0 Å². The maximum Gasteiger partial charge on any atom is 0.256 e. The van der Waals surface area contributed by atoms with Gasteiger partial charge < -0.3 is 19.4 Å². The number of anilines is 9. The van der Waals surface area contributed by atoms with E-state index in [-0.39, 0.29) is 6.71 Å². The molecule has 2 aliphatic heterocycles. The minimum absolute atomic E-state index is 0.247. The average molecular weight is 1210 g/mol. The molecule has 2 aliphatic rings. The van der Waals surface area contributed by atoms with Gasteiger partial charge in [0.25, 0.3) is 6.71 Å². The third-order valence-corrected chi connectivity index (χ3v) is 19.2. The molecule has 0 N–H and O–H groups in total. The van der Waals surface area contributed by atoms with Crippen LogP contribution in [0.4, 0.5) is 51.2 Å². The Morgan fingerprint density at radius 1 is 0.242 bits per heavy atom. The van der Waals surface area contributed by atoms with Crippen LogP contribution < -0.4 is 35.8 Å². The van der Waals surface area contributed by atoms with Crippen molar-refractivity contribution in [1.82, 2.24) is 0 Å². The molecule has 0 aliphatic carbocycles. The second-order valence-electron chi connectivity index (χ2n) is 24.6. The van der Waals surface area contributed by atoms with E-state index in [1.165, 1.54) is 65.6 Å². The fourth-order valence-corrected chi connectivity index (χ4v) is 15.2. The molecule has 18 rings (SSSR count). The largest absolute Gasteiger partial charge is 0.458 e. The van der Waals surface area contributed by atoms with Gasteiger partial charge in [-0.3, -0.25) is 0 Å². The molecule has 444 valence electrons. The van der Waals surface area contributed by atoms with Crippen LogP contribution in [0.5, 0.6) is 11.5 Å². The second kappa shape index (κ2) is 23.4. The smallest absolute Gasteiger partial charge is 0.256 e. The van der Waals surface area contributed by atoms with Crippen LogP contribution >= 0.6 is 0 Å². The summed E-state index contributed by atoms with van der Waals surface area (Å²) in [4.78, 5) is 7.30. The molecule has 0 fully saturated rings. The van der Waals surface area contributed by atoms with Gasteiger partial charge in [-0.05, 0) is 160 Å². The molecular weight excluding hydrogens is 1150 g/mol. The number of ether oxygens (including phenoxy) is 1. The lowest BCUT2D eigenvalue weighted by atomic mass is 9.34. The first-order valence-corrected chi connectivity index (χ1v) is 32.7. The molecule has 95 heavy (non-hydrogen) atoms. The van der Waals surface area contributed by atoms with Gasteiger partial charge >= 0.3 is 0 Å². The van der Waals surface area contributed by atoms with Crippen LogP contribution in [-0.4, -0.2) is 6.71 Å². The first-order valence-electron chi connectivity index (χ1n) is 32.7. The summed E-state index contributed by atoms with van der Waals surface area (Å²) in [6.45, 7) is -0.247. The molecule has 4 nitrogen and oxygen atoms in total. The molecule has 0 amide bonds. The molecule has 0 bridgehead atoms. The van der Waals surface area contributed by atoms with Gasteiger partial charge in [0, 0.05) is 63.1 Å². The summed E-state index contributed by atoms with van der Waals surface area (Å²) in [5.41, 5.74) is 24.3. The Hall–Kier alpha value is -12.4. The topological polar surface area (TPSA) is 19.0 Å². The number of hydrogen-bond donors (Lipinski definition) is 0. The highest BCUT2D eigenvalue weighted by Gasteiger charge is 2.44. The first-order chi connectivity index (χ1) is 47.2. The molecule has 0 saturated heterocycles. The van der Waals surface area contributed by atoms with Crippen molar-refractivity contribution in [3.05, 3.63) is 364 Å². The molecule has 0 radical (unpaired) electrons. The zero-order valence-corrected chi connectivity index (χ0v) is 52.0. The quantitative estimate of drug-likeness (QED) is 0.0896. The Kier molecular flexibility index (Phi) is 13.6. The zero-order valence-electron chi connectivity index (χ0n) is 52.0. The third kappa shape index (κ3) is 9.47. The highest BCUT2D eigenvalue weighted by molar-refractivity contribution is 6.99. The van der Waals surface area contributed by atoms with E-state index in [1.54, 1.807) is 0 Å². The Morgan fingerprint density at radius 3 is 1.15 bits per heavy atom. The van der Waals surface area contributed by atoms with E-state index in [1.807, 2.05) is 0 Å². The van der Waals surface area contributed by atoms with E-state index in [0.717, 1.165) is 101 Å². The third-order valence-electron chi connectivity index (χ3n) is 19.2. The Balaban J connectivity index is 0.939. The van der Waals surface area contributed by atoms with E-state index < -0.39 is 0 Å². The van der Waals surface area contributed by atoms with Crippen LogP contribution in [0, 0.1) is 0 Å². The van der Waals surface area contributed by atoms with Gasteiger partial charge in [0.05, 0.1) is 11.4 Å². The highest BCUT2D eigenvalue weighted by atomic mass is 16.5. The van der Waals surface area contributed by atoms with Crippen molar-refractivity contribution in [2.24, 2.45) is 0 Å². The number of hydrogen-bond acceptors (Lipinski definition) is 4. The maximum atomic E-state index is 7.69. The van der Waals surface area contributed by atoms with E-state index >= 15 is 0 Å². The van der Waals surface area contributed by atoms with Crippen molar-refractivity contribution in [2.45, 2.75) is 0 Å². The molecule has 0 saturated carbocycles. The standard InChI is InChI=1S/C90H60BN3O/c1-8-29-61(30-9-1)71-53-54-80(75-44-23-22-43-74(71)75)88-78-47-26-24-45-76(78)87(77-46-25-27-48-79(77)88)64-51-55-81-83(57-64)94(90-72(62-31-10-2-11-32-62)49-28-50-73(90)63-33-12-3-13-34-63)84-58-70(93(67-39-18-6-19-40-67)68-41-20-7-21-42-68)60-86-89(84)91(81)82-56-52-69(59-85(82)95-86)92(65-35-14-4-15-36-65)66-37-16-5-17-38-66/h1-60H. The van der Waals surface area contributed by atoms with Crippen molar-refractivity contribution >= 4 is 107 Å². The molecule has 5 heteroatoms. The summed E-state index contributed by atoms with van der Waals surface area (Å²) in [5, 5.41) is 7.22. The SMILES string of the molecule is c1ccc(-c2cccc(-c3ccccc3)c2N2c3cc(-c4c5ccccc5c(-c5ccc(-c6ccccc6)c6ccccc56)c5ccccc45)ccc3B3c4ccc(N(c5ccccc5)c5ccccc5)cc4Oc4cc(N(c5ccccc5)c5ccccc5)cc2c43)cc1. The lowest BCUT2D eigenvalue weighted by Crippen LogP contribution is -2.59. The van der Waals surface area contributed by atoms with E-state index in [2.05, 4.69) is 379 Å². The van der Waals surface area contributed by atoms with E-state index in [9.17, 15) is 0 Å². The van der Waals surface area contributed by atoms with E-state index in [4.69, 9.17) is 4.74 Å². The van der Waals surface area contributed by atoms with Gasteiger partial charge in [-0.1, -0.05) is 285 Å². The number of rotatable bonds is 12. The van der Waals surface area contributed by atoms with Gasteiger partial charge in [0.1, 0.15) is 11.5 Å². The van der Waals surface area contributed by atoms with Crippen LogP contribution in [0.25, 0.3) is 88.0 Å². The lowest BCUT2D eigenvalue weighted by molar-refractivity contribution is 0.488. The number of nitrogens with zero attached hydrogens (tertiary/aromatic N) is 3. The van der Waals surface area contributed by atoms with Crippen molar-refractivity contribution < 1.29 is 4.74 Å². The molecule has 0 atom stereocenters. The van der Waals surface area contributed by atoms with Gasteiger partial charge in [-0.25, -0.2) is 0 Å². The average Bonchev–Trinajstić information content (AvgIpc) is 0.702. The molecule has 0 unspecified atom stereocenters. The molecule has 0 aromatic heterocycles. The number of benzene rings is 16. The fraction of sp³-hybridized carbons (Fsp3) is 0. The van der Waals surface area contributed by atoms with Gasteiger partial charge in [-0.15, -0.1) is 0 Å². The molecule has 16 aromatic carbocycles. The fourth-order valence-electron chi connectivity index (χ4n) is 15.2. The van der Waals surface area contributed by atoms with Gasteiger partial charge in [0.15, 0.2) is 0 Å². The predicted octanol–water partition coefficient (Wildman–Crippen LogP) is 22.8. The van der Waals surface area contributed by atoms with Gasteiger partial charge in [-0.2, -0.15) is 0 Å². The maximum absolute atomic E-state index is 7.69. The molecular formula is C90H60BN3O. The van der Waals surface area contributed by atoms with Crippen molar-refractivity contribution in [2.75, 3.05) is 14.7 Å². The zero-order chi connectivity index (χ0) is 62.8. The van der Waals surface area contributed by atoms with Crippen LogP contribution in [0.3, 0.4) is 0 Å². The Bertz CT molecular complexity index is 5380. The lowest BCUT2D eigenvalue weighted by Gasteiger charge is -2.42. The molecule has 0 spiro atoms. The van der Waals surface area contributed by atoms with Crippen LogP contribution in [-0.2, 0) is 0 Å². The summed E-state index contributed by atoms with van der Waals surface area (Å²) in [5.74, 6) is 1.60. The highest BCUT2D eigenvalue weighted by Crippen LogP contribution is 2.54. The molecule has 16 aromatic rings. The summed E-state index contributed by atoms with van der Waals surface area (Å²) in [6.07, 6.45) is 0. The Labute approximate surface area is 553 Å². The minimum atomic E-state index is -0.247. The minimum Gasteiger partial charge on any atom is -0.458 e. The van der Waals surface area contributed by atoms with Crippen molar-refractivity contribution in [1.29, 1.82) is 0 Å². The monoisotopic (exact) mass is 1210 g/mol. The summed E-state index contributed by atoms with van der Waals surface area (Å²) in [7, 11) is 0.